The fourth-order valence-electron chi connectivity index (χ4n) is 2.95. The van der Waals surface area contributed by atoms with Gasteiger partial charge in [-0.05, 0) is 44.2 Å². The van der Waals surface area contributed by atoms with Gasteiger partial charge in [-0.25, -0.2) is 14.2 Å². The van der Waals surface area contributed by atoms with Crippen molar-refractivity contribution in [2.75, 3.05) is 6.26 Å². The molecule has 0 radical (unpaired) electrons. The first-order chi connectivity index (χ1) is 15.2. The fraction of sp³-hybridized carbons (Fsp3) is 0.292. The molecule has 0 spiro atoms. The van der Waals surface area contributed by atoms with Gasteiger partial charge in [-0.2, -0.15) is 4.99 Å². The van der Waals surface area contributed by atoms with Crippen molar-refractivity contribution in [3.05, 3.63) is 71.0 Å². The summed E-state index contributed by atoms with van der Waals surface area (Å²) in [6, 6.07) is 14.8. The van der Waals surface area contributed by atoms with E-state index in [2.05, 4.69) is 15.3 Å². The van der Waals surface area contributed by atoms with E-state index in [1.54, 1.807) is 32.9 Å². The quantitative estimate of drug-likeness (QED) is 0.329. The molecule has 1 amide bonds. The third-order valence-electron chi connectivity index (χ3n) is 4.53. The van der Waals surface area contributed by atoms with Gasteiger partial charge >= 0.3 is 6.09 Å². The SMILES string of the molecule is CSC(=Nc1nc(C(C)c2ccc(-c3ccccc3)c(F)c2)cs1)NC(=O)OC(C)(C)C. The van der Waals surface area contributed by atoms with Crippen molar-refractivity contribution >= 4 is 39.5 Å². The van der Waals surface area contributed by atoms with Crippen LogP contribution in [0.25, 0.3) is 11.1 Å². The first kappa shape index (κ1) is 23.9. The highest BCUT2D eigenvalue weighted by molar-refractivity contribution is 8.13. The monoisotopic (exact) mass is 471 g/mol. The number of hydrogen-bond donors (Lipinski definition) is 1. The van der Waals surface area contributed by atoms with Gasteiger partial charge in [-0.1, -0.05) is 61.2 Å². The van der Waals surface area contributed by atoms with Crippen molar-refractivity contribution in [3.63, 3.8) is 0 Å². The first-order valence-corrected chi connectivity index (χ1v) is 12.2. The van der Waals surface area contributed by atoms with Gasteiger partial charge in [-0.3, -0.25) is 5.32 Å². The summed E-state index contributed by atoms with van der Waals surface area (Å²) in [4.78, 5) is 21.0. The lowest BCUT2D eigenvalue weighted by Gasteiger charge is -2.19. The van der Waals surface area contributed by atoms with E-state index in [1.807, 2.05) is 55.0 Å². The number of aliphatic imine (C=N–C) groups is 1. The molecule has 3 aromatic rings. The van der Waals surface area contributed by atoms with E-state index in [9.17, 15) is 9.18 Å². The number of hydrogen-bond acceptors (Lipinski definition) is 6. The number of aromatic nitrogens is 1. The lowest BCUT2D eigenvalue weighted by atomic mass is 9.95. The maximum Gasteiger partial charge on any atom is 0.413 e. The average molecular weight is 472 g/mol. The van der Waals surface area contributed by atoms with E-state index in [1.165, 1.54) is 23.1 Å². The molecular formula is C24H26FN3O2S2. The molecule has 1 atom stereocenters. The molecule has 1 N–H and O–H groups in total. The molecule has 1 heterocycles. The first-order valence-electron chi connectivity index (χ1n) is 10.1. The van der Waals surface area contributed by atoms with E-state index < -0.39 is 11.7 Å². The van der Waals surface area contributed by atoms with Crippen LogP contribution < -0.4 is 5.32 Å². The van der Waals surface area contributed by atoms with Crippen LogP contribution in [0.5, 0.6) is 0 Å². The van der Waals surface area contributed by atoms with Gasteiger partial charge in [0.05, 0.1) is 5.69 Å². The topological polar surface area (TPSA) is 63.6 Å². The number of amidine groups is 1. The number of nitrogens with zero attached hydrogens (tertiary/aromatic N) is 2. The second-order valence-electron chi connectivity index (χ2n) is 8.13. The minimum atomic E-state index is -0.595. The van der Waals surface area contributed by atoms with Crippen LogP contribution in [0, 0.1) is 5.82 Å². The Morgan fingerprint density at radius 3 is 2.56 bits per heavy atom. The third-order valence-corrected chi connectivity index (χ3v) is 5.86. The van der Waals surface area contributed by atoms with Crippen molar-refractivity contribution in [2.24, 2.45) is 4.99 Å². The molecule has 1 aromatic heterocycles. The molecule has 0 aliphatic carbocycles. The lowest BCUT2D eigenvalue weighted by molar-refractivity contribution is 0.0564. The molecule has 32 heavy (non-hydrogen) atoms. The van der Waals surface area contributed by atoms with E-state index in [0.717, 1.165) is 16.8 Å². The summed E-state index contributed by atoms with van der Waals surface area (Å²) in [6.45, 7) is 7.37. The molecule has 0 saturated heterocycles. The largest absolute Gasteiger partial charge is 0.444 e. The molecule has 0 aliphatic heterocycles. The number of carbonyl (C=O) groups excluding carboxylic acids is 1. The summed E-state index contributed by atoms with van der Waals surface area (Å²) in [5, 5.41) is 5.44. The zero-order chi connectivity index (χ0) is 23.3. The number of benzene rings is 2. The number of thiazole rings is 1. The van der Waals surface area contributed by atoms with E-state index >= 15 is 0 Å². The van der Waals surface area contributed by atoms with Gasteiger partial charge in [0.15, 0.2) is 5.17 Å². The number of ether oxygens (including phenoxy) is 1. The van der Waals surface area contributed by atoms with Gasteiger partial charge in [0, 0.05) is 16.9 Å². The maximum absolute atomic E-state index is 14.8. The Bertz CT molecular complexity index is 1110. The Hall–Kier alpha value is -2.71. The van der Waals surface area contributed by atoms with E-state index in [4.69, 9.17) is 4.74 Å². The molecule has 168 valence electrons. The number of nitrogens with one attached hydrogen (secondary N) is 1. The van der Waals surface area contributed by atoms with Gasteiger partial charge in [-0.15, -0.1) is 11.3 Å². The van der Waals surface area contributed by atoms with Crippen LogP contribution in [0.15, 0.2) is 58.9 Å². The van der Waals surface area contributed by atoms with Crippen LogP contribution in [0.2, 0.25) is 0 Å². The van der Waals surface area contributed by atoms with Crippen molar-refractivity contribution in [1.29, 1.82) is 0 Å². The third kappa shape index (κ3) is 6.40. The molecule has 1 unspecified atom stereocenters. The molecule has 2 aromatic carbocycles. The number of carbonyl (C=O) groups is 1. The van der Waals surface area contributed by atoms with Crippen LogP contribution in [0.1, 0.15) is 44.9 Å². The summed E-state index contributed by atoms with van der Waals surface area (Å²) in [5.74, 6) is -0.369. The minimum Gasteiger partial charge on any atom is -0.444 e. The summed E-state index contributed by atoms with van der Waals surface area (Å²) in [7, 11) is 0. The molecule has 3 rings (SSSR count). The maximum atomic E-state index is 14.8. The molecule has 0 bridgehead atoms. The Kier molecular flexibility index (Phi) is 7.69. The fourth-order valence-corrected chi connectivity index (χ4v) is 4.16. The Balaban J connectivity index is 1.75. The number of amides is 1. The van der Waals surface area contributed by atoms with Crippen LogP contribution in [-0.2, 0) is 4.74 Å². The van der Waals surface area contributed by atoms with Crippen LogP contribution in [0.4, 0.5) is 14.3 Å². The molecule has 8 heteroatoms. The molecule has 0 saturated carbocycles. The number of halogens is 1. The van der Waals surface area contributed by atoms with Gasteiger partial charge < -0.3 is 4.74 Å². The van der Waals surface area contributed by atoms with Crippen LogP contribution in [-0.4, -0.2) is 28.1 Å². The van der Waals surface area contributed by atoms with Gasteiger partial charge in [0.2, 0.25) is 5.13 Å². The molecular weight excluding hydrogens is 445 g/mol. The predicted octanol–water partition coefficient (Wildman–Crippen LogP) is 6.98. The highest BCUT2D eigenvalue weighted by atomic mass is 32.2. The van der Waals surface area contributed by atoms with E-state index in [0.29, 0.717) is 15.9 Å². The summed E-state index contributed by atoms with van der Waals surface area (Å²) in [6.07, 6.45) is 1.24. The average Bonchev–Trinajstić information content (AvgIpc) is 3.20. The van der Waals surface area contributed by atoms with Gasteiger partial charge in [0.1, 0.15) is 11.4 Å². The summed E-state index contributed by atoms with van der Waals surface area (Å²) < 4.78 is 20.0. The minimum absolute atomic E-state index is 0.105. The highest BCUT2D eigenvalue weighted by Crippen LogP contribution is 2.32. The van der Waals surface area contributed by atoms with Gasteiger partial charge in [0.25, 0.3) is 0 Å². The molecule has 0 aliphatic rings. The lowest BCUT2D eigenvalue weighted by Crippen LogP contribution is -2.35. The number of thioether (sulfide) groups is 1. The molecule has 5 nitrogen and oxygen atoms in total. The van der Waals surface area contributed by atoms with Crippen molar-refractivity contribution in [1.82, 2.24) is 10.3 Å². The Morgan fingerprint density at radius 1 is 1.22 bits per heavy atom. The second kappa shape index (κ2) is 10.3. The molecule has 0 fully saturated rings. The van der Waals surface area contributed by atoms with Crippen molar-refractivity contribution < 1.29 is 13.9 Å². The van der Waals surface area contributed by atoms with Crippen LogP contribution >= 0.6 is 23.1 Å². The zero-order valence-corrected chi connectivity index (χ0v) is 20.3. The highest BCUT2D eigenvalue weighted by Gasteiger charge is 2.18. The standard InChI is InChI=1S/C24H26FN3O2S2/c1-15(17-11-12-18(19(25)13-17)16-9-7-6-8-10-16)20-14-32-22(26-20)27-21(31-5)28-23(29)30-24(2,3)4/h6-15H,1-5H3,(H,26,27,28,29). The zero-order valence-electron chi connectivity index (χ0n) is 18.7. The van der Waals surface area contributed by atoms with E-state index in [-0.39, 0.29) is 11.7 Å². The summed E-state index contributed by atoms with van der Waals surface area (Å²) in [5.41, 5.74) is 2.45. The Labute approximate surface area is 196 Å². The smallest absolute Gasteiger partial charge is 0.413 e. The Morgan fingerprint density at radius 2 is 1.94 bits per heavy atom. The van der Waals surface area contributed by atoms with Crippen LogP contribution in [0.3, 0.4) is 0 Å². The van der Waals surface area contributed by atoms with Crippen molar-refractivity contribution in [2.45, 2.75) is 39.2 Å². The second-order valence-corrected chi connectivity index (χ2v) is 9.76. The summed E-state index contributed by atoms with van der Waals surface area (Å²) >= 11 is 2.65. The number of rotatable bonds is 4. The normalized spacial score (nSPS) is 13.0. The predicted molar refractivity (Wildman–Crippen MR) is 131 cm³/mol. The number of alkyl carbamates (subject to hydrolysis) is 1. The van der Waals surface area contributed by atoms with Crippen molar-refractivity contribution in [3.8, 4) is 11.1 Å².